The molecule has 3 heteroatoms. The van der Waals surface area contributed by atoms with Crippen LogP contribution in [-0.4, -0.2) is 16.3 Å². The first-order valence-corrected chi connectivity index (χ1v) is 7.06. The van der Waals surface area contributed by atoms with Gasteiger partial charge in [0.15, 0.2) is 0 Å². The van der Waals surface area contributed by atoms with Crippen molar-refractivity contribution < 1.29 is 0 Å². The van der Waals surface area contributed by atoms with E-state index in [0.29, 0.717) is 0 Å². The average Bonchev–Trinajstić information content (AvgIpc) is 3.08. The first-order chi connectivity index (χ1) is 9.23. The van der Waals surface area contributed by atoms with Crippen LogP contribution in [0.4, 0.5) is 0 Å². The molecule has 3 rings (SSSR count). The highest BCUT2D eigenvalue weighted by atomic mass is 15.3. The van der Waals surface area contributed by atoms with Gasteiger partial charge in [-0.15, -0.1) is 0 Å². The topological polar surface area (TPSA) is 43.8 Å². The van der Waals surface area contributed by atoms with E-state index in [4.69, 9.17) is 5.73 Å². The molecule has 100 valence electrons. The summed E-state index contributed by atoms with van der Waals surface area (Å²) in [6, 6.07) is 8.70. The van der Waals surface area contributed by atoms with Crippen LogP contribution >= 0.6 is 0 Å². The van der Waals surface area contributed by atoms with Crippen LogP contribution in [0.1, 0.15) is 36.8 Å². The molecule has 0 radical (unpaired) electrons. The standard InChI is InChI=1S/C16H21N3/c1-13-10-18-19(11-13)15-6-4-5-14(9-15)16(12-17)7-2-3-8-16/h4-6,9-11H,2-3,7-8,12,17H2,1H3. The molecule has 3 nitrogen and oxygen atoms in total. The van der Waals surface area contributed by atoms with Crippen LogP contribution in [0.3, 0.4) is 0 Å². The molecule has 1 aliphatic carbocycles. The van der Waals surface area contributed by atoms with E-state index in [-0.39, 0.29) is 5.41 Å². The predicted molar refractivity (Wildman–Crippen MR) is 77.5 cm³/mol. The van der Waals surface area contributed by atoms with Crippen molar-refractivity contribution in [3.05, 3.63) is 47.8 Å². The molecule has 1 aromatic heterocycles. The highest BCUT2D eigenvalue weighted by Gasteiger charge is 2.34. The molecule has 0 aliphatic heterocycles. The van der Waals surface area contributed by atoms with Gasteiger partial charge >= 0.3 is 0 Å². The maximum absolute atomic E-state index is 6.07. The molecular formula is C16H21N3. The van der Waals surface area contributed by atoms with Crippen molar-refractivity contribution in [3.63, 3.8) is 0 Å². The Hall–Kier alpha value is -1.61. The monoisotopic (exact) mass is 255 g/mol. The molecule has 0 unspecified atom stereocenters. The first kappa shape index (κ1) is 12.4. The highest BCUT2D eigenvalue weighted by molar-refractivity contribution is 5.40. The summed E-state index contributed by atoms with van der Waals surface area (Å²) >= 11 is 0. The molecule has 1 aliphatic rings. The molecule has 1 aromatic carbocycles. The lowest BCUT2D eigenvalue weighted by Gasteiger charge is -2.28. The van der Waals surface area contributed by atoms with Crippen molar-refractivity contribution in [1.82, 2.24) is 9.78 Å². The van der Waals surface area contributed by atoms with Gasteiger partial charge in [-0.1, -0.05) is 25.0 Å². The van der Waals surface area contributed by atoms with Gasteiger partial charge in [-0.05, 0) is 43.0 Å². The number of aryl methyl sites for hydroxylation is 1. The Bertz CT molecular complexity index is 565. The summed E-state index contributed by atoms with van der Waals surface area (Å²) in [5, 5.41) is 4.39. The lowest BCUT2D eigenvalue weighted by Crippen LogP contribution is -2.32. The zero-order chi connectivity index (χ0) is 13.3. The molecule has 0 bridgehead atoms. The van der Waals surface area contributed by atoms with Gasteiger partial charge in [0, 0.05) is 18.2 Å². The van der Waals surface area contributed by atoms with Gasteiger partial charge in [0.1, 0.15) is 0 Å². The molecule has 1 heterocycles. The van der Waals surface area contributed by atoms with Crippen molar-refractivity contribution in [2.24, 2.45) is 5.73 Å². The van der Waals surface area contributed by atoms with Gasteiger partial charge < -0.3 is 5.73 Å². The number of rotatable bonds is 3. The third-order valence-electron chi connectivity index (χ3n) is 4.39. The predicted octanol–water partition coefficient (Wildman–Crippen LogP) is 2.95. The number of nitrogens with zero attached hydrogens (tertiary/aromatic N) is 2. The molecule has 2 N–H and O–H groups in total. The second kappa shape index (κ2) is 4.82. The lowest BCUT2D eigenvalue weighted by atomic mass is 9.79. The van der Waals surface area contributed by atoms with Crippen molar-refractivity contribution in [3.8, 4) is 5.69 Å². The Morgan fingerprint density at radius 1 is 1.32 bits per heavy atom. The second-order valence-electron chi connectivity index (χ2n) is 5.70. The van der Waals surface area contributed by atoms with Crippen LogP contribution in [0, 0.1) is 6.92 Å². The summed E-state index contributed by atoms with van der Waals surface area (Å²) in [6.07, 6.45) is 8.96. The molecule has 19 heavy (non-hydrogen) atoms. The van der Waals surface area contributed by atoms with Gasteiger partial charge in [0.2, 0.25) is 0 Å². The Morgan fingerprint density at radius 2 is 2.11 bits per heavy atom. The minimum Gasteiger partial charge on any atom is -0.330 e. The summed E-state index contributed by atoms with van der Waals surface area (Å²) in [7, 11) is 0. The van der Waals surface area contributed by atoms with Gasteiger partial charge in [0.05, 0.1) is 11.9 Å². The fourth-order valence-electron chi connectivity index (χ4n) is 3.19. The highest BCUT2D eigenvalue weighted by Crippen LogP contribution is 2.40. The number of hydrogen-bond acceptors (Lipinski definition) is 2. The summed E-state index contributed by atoms with van der Waals surface area (Å²) in [5.74, 6) is 0. The van der Waals surface area contributed by atoms with Gasteiger partial charge in [-0.25, -0.2) is 4.68 Å². The number of nitrogens with two attached hydrogens (primary N) is 1. The van der Waals surface area contributed by atoms with Crippen LogP contribution in [0.2, 0.25) is 0 Å². The molecule has 0 spiro atoms. The van der Waals surface area contributed by atoms with Crippen molar-refractivity contribution in [2.45, 2.75) is 38.0 Å². The molecular weight excluding hydrogens is 234 g/mol. The molecule has 0 atom stereocenters. The third kappa shape index (κ3) is 2.19. The van der Waals surface area contributed by atoms with E-state index in [0.717, 1.165) is 12.2 Å². The van der Waals surface area contributed by atoms with Crippen LogP contribution in [-0.2, 0) is 5.41 Å². The van der Waals surface area contributed by atoms with Gasteiger partial charge in [0.25, 0.3) is 0 Å². The van der Waals surface area contributed by atoms with E-state index < -0.39 is 0 Å². The maximum Gasteiger partial charge on any atom is 0.0648 e. The lowest BCUT2D eigenvalue weighted by molar-refractivity contribution is 0.453. The van der Waals surface area contributed by atoms with Crippen LogP contribution in [0.5, 0.6) is 0 Å². The largest absolute Gasteiger partial charge is 0.330 e. The zero-order valence-corrected chi connectivity index (χ0v) is 11.5. The van der Waals surface area contributed by atoms with E-state index in [1.165, 1.54) is 36.8 Å². The molecule has 1 saturated carbocycles. The summed E-state index contributed by atoms with van der Waals surface area (Å²) in [6.45, 7) is 2.81. The van der Waals surface area contributed by atoms with E-state index in [1.54, 1.807) is 0 Å². The van der Waals surface area contributed by atoms with E-state index >= 15 is 0 Å². The number of benzene rings is 1. The van der Waals surface area contributed by atoms with Crippen molar-refractivity contribution >= 4 is 0 Å². The quantitative estimate of drug-likeness (QED) is 0.916. The van der Waals surface area contributed by atoms with Crippen LogP contribution in [0.15, 0.2) is 36.7 Å². The van der Waals surface area contributed by atoms with E-state index in [1.807, 2.05) is 10.9 Å². The average molecular weight is 255 g/mol. The van der Waals surface area contributed by atoms with Crippen LogP contribution < -0.4 is 5.73 Å². The first-order valence-electron chi connectivity index (χ1n) is 7.06. The van der Waals surface area contributed by atoms with Gasteiger partial charge in [-0.3, -0.25) is 0 Å². The van der Waals surface area contributed by atoms with Crippen molar-refractivity contribution in [1.29, 1.82) is 0 Å². The van der Waals surface area contributed by atoms with E-state index in [9.17, 15) is 0 Å². The maximum atomic E-state index is 6.07. The minimum absolute atomic E-state index is 0.193. The number of aromatic nitrogens is 2. The van der Waals surface area contributed by atoms with Crippen molar-refractivity contribution in [2.75, 3.05) is 6.54 Å². The second-order valence-corrected chi connectivity index (χ2v) is 5.70. The Labute approximate surface area is 114 Å². The van der Waals surface area contributed by atoms with E-state index in [2.05, 4.69) is 42.5 Å². The fraction of sp³-hybridized carbons (Fsp3) is 0.438. The summed E-state index contributed by atoms with van der Waals surface area (Å²) < 4.78 is 1.94. The molecule has 0 saturated heterocycles. The summed E-state index contributed by atoms with van der Waals surface area (Å²) in [4.78, 5) is 0. The molecule has 2 aromatic rings. The normalized spacial score (nSPS) is 17.8. The Kier molecular flexibility index (Phi) is 3.15. The molecule has 0 amide bonds. The molecule has 1 fully saturated rings. The summed E-state index contributed by atoms with van der Waals surface area (Å²) in [5.41, 5.74) is 9.95. The zero-order valence-electron chi connectivity index (χ0n) is 11.5. The Morgan fingerprint density at radius 3 is 2.74 bits per heavy atom. The van der Waals surface area contributed by atoms with Gasteiger partial charge in [-0.2, -0.15) is 5.10 Å². The smallest absolute Gasteiger partial charge is 0.0648 e. The number of hydrogen-bond donors (Lipinski definition) is 1. The fourth-order valence-corrected chi connectivity index (χ4v) is 3.19. The minimum atomic E-state index is 0.193. The third-order valence-corrected chi connectivity index (χ3v) is 4.39. The SMILES string of the molecule is Cc1cnn(-c2cccc(C3(CN)CCCC3)c2)c1. The van der Waals surface area contributed by atoms with Crippen LogP contribution in [0.25, 0.3) is 5.69 Å². The Balaban J connectivity index is 2.00.